The second kappa shape index (κ2) is 8.58. The maximum Gasteiger partial charge on any atom is 0.229 e. The summed E-state index contributed by atoms with van der Waals surface area (Å²) in [6, 6.07) is 17.7. The second-order valence-corrected chi connectivity index (χ2v) is 6.36. The van der Waals surface area contributed by atoms with Crippen LogP contribution in [0, 0.1) is 0 Å². The Morgan fingerprint density at radius 2 is 1.75 bits per heavy atom. The van der Waals surface area contributed by atoms with Crippen molar-refractivity contribution in [2.45, 2.75) is 0 Å². The predicted molar refractivity (Wildman–Crippen MR) is 111 cm³/mol. The Labute approximate surface area is 164 Å². The largest absolute Gasteiger partial charge is 0.497 e. The highest BCUT2D eigenvalue weighted by Gasteiger charge is 2.15. The van der Waals surface area contributed by atoms with E-state index in [2.05, 4.69) is 31.6 Å². The highest BCUT2D eigenvalue weighted by molar-refractivity contribution is 5.74. The molecule has 0 bridgehead atoms. The Hall–Kier alpha value is -3.32. The third-order valence-electron chi connectivity index (χ3n) is 4.52. The molecular weight excluding hydrogens is 354 g/mol. The molecule has 1 fully saturated rings. The normalized spacial score (nSPS) is 13.8. The lowest BCUT2D eigenvalue weighted by Crippen LogP contribution is -2.36. The van der Waals surface area contributed by atoms with E-state index in [4.69, 9.17) is 9.47 Å². The van der Waals surface area contributed by atoms with Gasteiger partial charge >= 0.3 is 0 Å². The summed E-state index contributed by atoms with van der Waals surface area (Å²) in [5.74, 6) is 2.07. The Kier molecular flexibility index (Phi) is 5.53. The lowest BCUT2D eigenvalue weighted by Gasteiger charge is -2.30. The van der Waals surface area contributed by atoms with Gasteiger partial charge in [0, 0.05) is 25.0 Å². The summed E-state index contributed by atoms with van der Waals surface area (Å²) in [6.45, 7) is 3.23. The van der Waals surface area contributed by atoms with Crippen molar-refractivity contribution in [3.63, 3.8) is 0 Å². The summed E-state index contributed by atoms with van der Waals surface area (Å²) in [4.78, 5) is 11.3. The van der Waals surface area contributed by atoms with Crippen molar-refractivity contribution >= 4 is 28.8 Å². The van der Waals surface area contributed by atoms with E-state index in [0.717, 1.165) is 49.1 Å². The quantitative estimate of drug-likeness (QED) is 0.677. The summed E-state index contributed by atoms with van der Waals surface area (Å²) >= 11 is 0. The van der Waals surface area contributed by atoms with E-state index >= 15 is 0 Å². The van der Waals surface area contributed by atoms with Crippen molar-refractivity contribution < 1.29 is 9.47 Å². The molecule has 2 N–H and O–H groups in total. The van der Waals surface area contributed by atoms with Crippen molar-refractivity contribution in [1.29, 1.82) is 0 Å². The molecule has 0 atom stereocenters. The lowest BCUT2D eigenvalue weighted by molar-refractivity contribution is 0.123. The van der Waals surface area contributed by atoms with Gasteiger partial charge in [-0.1, -0.05) is 12.1 Å². The van der Waals surface area contributed by atoms with Crippen LogP contribution in [0.1, 0.15) is 0 Å². The first-order chi connectivity index (χ1) is 13.8. The number of anilines is 5. The molecule has 1 aliphatic rings. The molecule has 0 amide bonds. The maximum absolute atomic E-state index is 5.46. The minimum atomic E-state index is 0.541. The monoisotopic (exact) mass is 377 g/mol. The average molecular weight is 377 g/mol. The van der Waals surface area contributed by atoms with Gasteiger partial charge in [-0.15, -0.1) is 0 Å². The summed E-state index contributed by atoms with van der Waals surface area (Å²) in [5.41, 5.74) is 3.04. The summed E-state index contributed by atoms with van der Waals surface area (Å²) in [5, 5.41) is 6.64. The number of para-hydroxylation sites is 2. The molecule has 0 spiro atoms. The number of rotatable bonds is 6. The smallest absolute Gasteiger partial charge is 0.229 e. The van der Waals surface area contributed by atoms with Crippen LogP contribution < -0.4 is 20.3 Å². The van der Waals surface area contributed by atoms with Gasteiger partial charge in [-0.3, -0.25) is 0 Å². The van der Waals surface area contributed by atoms with Gasteiger partial charge in [-0.2, -0.15) is 4.98 Å². The number of nitrogens with zero attached hydrogens (tertiary/aromatic N) is 3. The number of ether oxygens (including phenoxy) is 2. The number of nitrogens with one attached hydrogen (secondary N) is 2. The van der Waals surface area contributed by atoms with Crippen molar-refractivity contribution in [3.8, 4) is 5.75 Å². The van der Waals surface area contributed by atoms with Crippen LogP contribution in [-0.4, -0.2) is 43.4 Å². The van der Waals surface area contributed by atoms with Crippen molar-refractivity contribution in [2.75, 3.05) is 48.9 Å². The molecule has 0 aliphatic carbocycles. The first-order valence-electron chi connectivity index (χ1n) is 9.25. The topological polar surface area (TPSA) is 71.5 Å². The van der Waals surface area contributed by atoms with Crippen LogP contribution in [-0.2, 0) is 4.74 Å². The molecule has 0 unspecified atom stereocenters. The van der Waals surface area contributed by atoms with E-state index in [0.29, 0.717) is 11.8 Å². The second-order valence-electron chi connectivity index (χ2n) is 6.36. The predicted octanol–water partition coefficient (Wildman–Crippen LogP) is 3.81. The Morgan fingerprint density at radius 3 is 2.54 bits per heavy atom. The third kappa shape index (κ3) is 4.32. The van der Waals surface area contributed by atoms with Gasteiger partial charge in [0.05, 0.1) is 31.7 Å². The fourth-order valence-corrected chi connectivity index (χ4v) is 3.09. The van der Waals surface area contributed by atoms with Crippen LogP contribution in [0.4, 0.5) is 28.8 Å². The van der Waals surface area contributed by atoms with E-state index in [1.807, 2.05) is 48.5 Å². The standard InChI is InChI=1S/C21H23N5O2/c1-27-17-8-6-16(7-9-17)23-20-10-11-22-21(25-20)24-18-4-2-3-5-19(18)26-12-14-28-15-13-26/h2-11H,12-15H2,1H3,(H2,22,23,24,25). The number of benzene rings is 2. The molecule has 1 aliphatic heterocycles. The lowest BCUT2D eigenvalue weighted by atomic mass is 10.2. The number of aromatic nitrogens is 2. The number of methoxy groups -OCH3 is 1. The summed E-state index contributed by atoms with van der Waals surface area (Å²) in [6.07, 6.45) is 1.73. The molecule has 0 radical (unpaired) electrons. The number of morpholine rings is 1. The van der Waals surface area contributed by atoms with Crippen LogP contribution in [0.15, 0.2) is 60.8 Å². The molecule has 7 nitrogen and oxygen atoms in total. The van der Waals surface area contributed by atoms with E-state index in [1.165, 1.54) is 0 Å². The Bertz CT molecular complexity index is 911. The molecule has 2 aromatic carbocycles. The van der Waals surface area contributed by atoms with E-state index < -0.39 is 0 Å². The number of hydrogen-bond donors (Lipinski definition) is 2. The fraction of sp³-hybridized carbons (Fsp3) is 0.238. The molecule has 1 aromatic heterocycles. The Morgan fingerprint density at radius 1 is 0.964 bits per heavy atom. The van der Waals surface area contributed by atoms with Gasteiger partial charge in [-0.05, 0) is 42.5 Å². The van der Waals surface area contributed by atoms with Crippen LogP contribution in [0.2, 0.25) is 0 Å². The van der Waals surface area contributed by atoms with Crippen LogP contribution >= 0.6 is 0 Å². The van der Waals surface area contributed by atoms with Crippen molar-refractivity contribution in [2.24, 2.45) is 0 Å². The average Bonchev–Trinajstić information content (AvgIpc) is 2.76. The summed E-state index contributed by atoms with van der Waals surface area (Å²) in [7, 11) is 1.65. The summed E-state index contributed by atoms with van der Waals surface area (Å²) < 4.78 is 10.7. The van der Waals surface area contributed by atoms with Gasteiger partial charge in [0.2, 0.25) is 5.95 Å². The highest BCUT2D eigenvalue weighted by Crippen LogP contribution is 2.28. The van der Waals surface area contributed by atoms with Crippen molar-refractivity contribution in [3.05, 3.63) is 60.8 Å². The molecule has 7 heteroatoms. The molecule has 2 heterocycles. The van der Waals surface area contributed by atoms with Crippen LogP contribution in [0.5, 0.6) is 5.75 Å². The molecule has 3 aromatic rings. The molecule has 28 heavy (non-hydrogen) atoms. The van der Waals surface area contributed by atoms with Gasteiger partial charge in [0.1, 0.15) is 11.6 Å². The Balaban J connectivity index is 1.50. The highest BCUT2D eigenvalue weighted by atomic mass is 16.5. The SMILES string of the molecule is COc1ccc(Nc2ccnc(Nc3ccccc3N3CCOCC3)n2)cc1. The zero-order valence-electron chi connectivity index (χ0n) is 15.8. The minimum absolute atomic E-state index is 0.541. The van der Waals surface area contributed by atoms with Gasteiger partial charge in [0.15, 0.2) is 0 Å². The van der Waals surface area contributed by atoms with E-state index in [1.54, 1.807) is 13.3 Å². The van der Waals surface area contributed by atoms with Crippen LogP contribution in [0.3, 0.4) is 0 Å². The fourth-order valence-electron chi connectivity index (χ4n) is 3.09. The molecular formula is C21H23N5O2. The third-order valence-corrected chi connectivity index (χ3v) is 4.52. The zero-order chi connectivity index (χ0) is 19.2. The molecule has 1 saturated heterocycles. The minimum Gasteiger partial charge on any atom is -0.497 e. The maximum atomic E-state index is 5.46. The molecule has 144 valence electrons. The van der Waals surface area contributed by atoms with Crippen molar-refractivity contribution in [1.82, 2.24) is 9.97 Å². The zero-order valence-corrected chi connectivity index (χ0v) is 15.8. The van der Waals surface area contributed by atoms with Crippen LogP contribution in [0.25, 0.3) is 0 Å². The van der Waals surface area contributed by atoms with Gasteiger partial charge in [0.25, 0.3) is 0 Å². The van der Waals surface area contributed by atoms with E-state index in [-0.39, 0.29) is 0 Å². The van der Waals surface area contributed by atoms with Gasteiger partial charge < -0.3 is 25.0 Å². The first kappa shape index (κ1) is 18.1. The van der Waals surface area contributed by atoms with Gasteiger partial charge in [-0.25, -0.2) is 4.98 Å². The molecule has 4 rings (SSSR count). The first-order valence-corrected chi connectivity index (χ1v) is 9.25. The number of hydrogen-bond acceptors (Lipinski definition) is 7. The molecule has 0 saturated carbocycles. The van der Waals surface area contributed by atoms with E-state index in [9.17, 15) is 0 Å².